The Bertz CT molecular complexity index is 1910. The molecule has 2 aromatic carbocycles. The predicted molar refractivity (Wildman–Crippen MR) is 249 cm³/mol. The van der Waals surface area contributed by atoms with Gasteiger partial charge in [-0.15, -0.1) is 0 Å². The van der Waals surface area contributed by atoms with E-state index in [2.05, 4.69) is 38.4 Å². The first-order valence-corrected chi connectivity index (χ1v) is 26.0. The molecule has 346 valence electrons. The maximum Gasteiger partial charge on any atom is 0.213 e. The third-order valence-corrected chi connectivity index (χ3v) is 15.8. The lowest BCUT2D eigenvalue weighted by atomic mass is 9.99. The van der Waals surface area contributed by atoms with Crippen molar-refractivity contribution in [1.29, 1.82) is 0 Å². The summed E-state index contributed by atoms with van der Waals surface area (Å²) in [6.45, 7) is 13.8. The lowest BCUT2D eigenvalue weighted by molar-refractivity contribution is 0.0384. The van der Waals surface area contributed by atoms with E-state index in [4.69, 9.17) is 9.47 Å². The lowest BCUT2D eigenvalue weighted by Gasteiger charge is -2.46. The minimum Gasteiger partial charge on any atom is -0.497 e. The lowest BCUT2D eigenvalue weighted by Crippen LogP contribution is -2.56. The van der Waals surface area contributed by atoms with Crippen LogP contribution in [0.25, 0.3) is 10.9 Å². The molecule has 0 atom stereocenters. The number of benzene rings is 2. The number of fused-ring (bicyclic) bond motifs is 1. The van der Waals surface area contributed by atoms with Gasteiger partial charge < -0.3 is 19.3 Å². The molecule has 0 bridgehead atoms. The number of unbranched alkanes of at least 4 members (excludes halogenated alkanes) is 15. The van der Waals surface area contributed by atoms with E-state index in [0.29, 0.717) is 47.5 Å². The van der Waals surface area contributed by atoms with Crippen LogP contribution in [0.5, 0.6) is 11.5 Å². The summed E-state index contributed by atoms with van der Waals surface area (Å²) < 4.78 is 71.6. The van der Waals surface area contributed by atoms with Crippen molar-refractivity contribution in [2.45, 2.75) is 164 Å². The van der Waals surface area contributed by atoms with Gasteiger partial charge >= 0.3 is 0 Å². The van der Waals surface area contributed by atoms with E-state index in [1.165, 1.54) is 122 Å². The largest absolute Gasteiger partial charge is 0.497 e. The molecule has 9 nitrogen and oxygen atoms in total. The standard InChI is InChI=1S/C50H77F2N5O4S/c1-4-6-7-8-9-10-11-12-13-14-15-16-17-18-19-20-37-61-45-23-24-46(49(52)48(45)51)62(58,59)47-39-53-44-22-21-42(60-3)38-43(44)50(47)57-31-27-41(28-32-57)56-35-33-55(34-36-56)40-25-29-54(5-2)30-26-40/h21-24,38-41H,4-20,25-37H2,1-3H3. The Labute approximate surface area is 372 Å². The summed E-state index contributed by atoms with van der Waals surface area (Å²) in [4.78, 5) is 13.6. The van der Waals surface area contributed by atoms with Gasteiger partial charge in [0.15, 0.2) is 11.6 Å². The number of anilines is 1. The summed E-state index contributed by atoms with van der Waals surface area (Å²) in [5.41, 5.74) is 1.06. The third-order valence-electron chi connectivity index (χ3n) is 14.0. The number of hydrogen-bond acceptors (Lipinski definition) is 9. The number of sulfone groups is 1. The average Bonchev–Trinajstić information content (AvgIpc) is 3.30. The van der Waals surface area contributed by atoms with E-state index in [1.54, 1.807) is 25.3 Å². The number of ether oxygens (including phenoxy) is 2. The van der Waals surface area contributed by atoms with Gasteiger partial charge in [0.25, 0.3) is 0 Å². The maximum absolute atomic E-state index is 15.9. The zero-order valence-corrected chi connectivity index (χ0v) is 39.2. The van der Waals surface area contributed by atoms with Crippen LogP contribution in [0.4, 0.5) is 14.5 Å². The van der Waals surface area contributed by atoms with Gasteiger partial charge in [0.1, 0.15) is 15.5 Å². The van der Waals surface area contributed by atoms with Gasteiger partial charge in [-0.25, -0.2) is 12.8 Å². The normalized spacial score (nSPS) is 17.9. The van der Waals surface area contributed by atoms with Crippen LogP contribution in [0.15, 0.2) is 46.3 Å². The number of rotatable bonds is 25. The molecule has 1 aromatic heterocycles. The summed E-state index contributed by atoms with van der Waals surface area (Å²) in [5, 5.41) is 0.603. The van der Waals surface area contributed by atoms with Crippen LogP contribution in [0.2, 0.25) is 0 Å². The first-order valence-electron chi connectivity index (χ1n) is 24.5. The third kappa shape index (κ3) is 13.0. The molecule has 0 N–H and O–H groups in total. The molecule has 0 aliphatic carbocycles. The maximum atomic E-state index is 15.9. The van der Waals surface area contributed by atoms with Crippen molar-refractivity contribution in [1.82, 2.24) is 19.7 Å². The molecule has 0 unspecified atom stereocenters. The molecule has 0 saturated carbocycles. The molecule has 62 heavy (non-hydrogen) atoms. The zero-order chi connectivity index (χ0) is 43.7. The summed E-state index contributed by atoms with van der Waals surface area (Å²) in [5.74, 6) is -2.42. The number of halogens is 2. The van der Waals surface area contributed by atoms with Gasteiger partial charge in [0.2, 0.25) is 15.7 Å². The highest BCUT2D eigenvalue weighted by atomic mass is 32.2. The van der Waals surface area contributed by atoms with Crippen LogP contribution in [0.3, 0.4) is 0 Å². The van der Waals surface area contributed by atoms with E-state index in [9.17, 15) is 8.42 Å². The van der Waals surface area contributed by atoms with E-state index >= 15 is 8.78 Å². The van der Waals surface area contributed by atoms with E-state index < -0.39 is 26.4 Å². The zero-order valence-electron chi connectivity index (χ0n) is 38.4. The number of hydrogen-bond donors (Lipinski definition) is 0. The quantitative estimate of drug-likeness (QED) is 0.0773. The Hall–Kier alpha value is -3.06. The minimum atomic E-state index is -4.54. The smallest absolute Gasteiger partial charge is 0.213 e. The van der Waals surface area contributed by atoms with Crippen LogP contribution in [-0.4, -0.2) is 113 Å². The van der Waals surface area contributed by atoms with Crippen molar-refractivity contribution in [2.75, 3.05) is 77.5 Å². The Balaban J connectivity index is 1.01. The van der Waals surface area contributed by atoms with Gasteiger partial charge in [0, 0.05) is 62.9 Å². The Morgan fingerprint density at radius 2 is 1.18 bits per heavy atom. The van der Waals surface area contributed by atoms with Gasteiger partial charge in [-0.3, -0.25) is 14.8 Å². The molecule has 6 rings (SSSR count). The Kier molecular flexibility index (Phi) is 19.4. The molecule has 4 heterocycles. The first kappa shape index (κ1) is 48.4. The topological polar surface area (TPSA) is 78.4 Å². The molecular weight excluding hydrogens is 805 g/mol. The molecule has 3 aliphatic heterocycles. The monoisotopic (exact) mass is 882 g/mol. The van der Waals surface area contributed by atoms with E-state index in [-0.39, 0.29) is 17.3 Å². The fourth-order valence-corrected chi connectivity index (χ4v) is 11.6. The number of methoxy groups -OCH3 is 1. The van der Waals surface area contributed by atoms with Gasteiger partial charge in [0.05, 0.1) is 24.9 Å². The fraction of sp³-hybridized carbons (Fsp3) is 0.700. The molecule has 3 aliphatic rings. The number of pyridine rings is 1. The Morgan fingerprint density at radius 3 is 1.71 bits per heavy atom. The van der Waals surface area contributed by atoms with Crippen molar-refractivity contribution in [3.8, 4) is 11.5 Å². The average molecular weight is 882 g/mol. The molecule has 3 fully saturated rings. The highest BCUT2D eigenvalue weighted by molar-refractivity contribution is 7.91. The van der Waals surface area contributed by atoms with Crippen molar-refractivity contribution in [2.24, 2.45) is 0 Å². The van der Waals surface area contributed by atoms with Crippen molar-refractivity contribution < 1.29 is 26.7 Å². The molecule has 3 saturated heterocycles. The van der Waals surface area contributed by atoms with Gasteiger partial charge in [-0.2, -0.15) is 4.39 Å². The molecule has 3 aromatic rings. The van der Waals surface area contributed by atoms with E-state index in [1.807, 2.05) is 0 Å². The number of piperidine rings is 2. The highest BCUT2D eigenvalue weighted by Gasteiger charge is 2.35. The van der Waals surface area contributed by atoms with Gasteiger partial charge in [-0.1, -0.05) is 110 Å². The summed E-state index contributed by atoms with van der Waals surface area (Å²) in [6, 6.07) is 8.84. The number of nitrogens with zero attached hydrogens (tertiary/aromatic N) is 5. The molecule has 0 radical (unpaired) electrons. The second-order valence-corrected chi connectivity index (χ2v) is 20.0. The number of piperazine rings is 1. The van der Waals surface area contributed by atoms with Crippen LogP contribution in [0.1, 0.15) is 142 Å². The van der Waals surface area contributed by atoms with Crippen LogP contribution < -0.4 is 14.4 Å². The van der Waals surface area contributed by atoms with Crippen LogP contribution in [-0.2, 0) is 9.84 Å². The molecular formula is C50H77F2N5O4S. The minimum absolute atomic E-state index is 0.139. The van der Waals surface area contributed by atoms with Gasteiger partial charge in [-0.05, 0) is 82.1 Å². The first-order chi connectivity index (χ1) is 30.2. The van der Waals surface area contributed by atoms with Crippen molar-refractivity contribution in [3.05, 3.63) is 48.2 Å². The molecule has 0 amide bonds. The molecule has 0 spiro atoms. The van der Waals surface area contributed by atoms with E-state index in [0.717, 1.165) is 70.9 Å². The van der Waals surface area contributed by atoms with Crippen molar-refractivity contribution >= 4 is 26.4 Å². The second-order valence-electron chi connectivity index (χ2n) is 18.2. The summed E-state index contributed by atoms with van der Waals surface area (Å²) in [6.07, 6.45) is 25.5. The summed E-state index contributed by atoms with van der Waals surface area (Å²) >= 11 is 0. The summed E-state index contributed by atoms with van der Waals surface area (Å²) in [7, 11) is -2.98. The Morgan fingerprint density at radius 1 is 0.645 bits per heavy atom. The fourth-order valence-electron chi connectivity index (χ4n) is 10.1. The molecule has 12 heteroatoms. The van der Waals surface area contributed by atoms with Crippen molar-refractivity contribution in [3.63, 3.8) is 0 Å². The second kappa shape index (κ2) is 24.9. The van der Waals surface area contributed by atoms with Crippen LogP contribution in [0, 0.1) is 11.6 Å². The van der Waals surface area contributed by atoms with Crippen LogP contribution >= 0.6 is 0 Å². The number of likely N-dealkylation sites (tertiary alicyclic amines) is 1. The predicted octanol–water partition coefficient (Wildman–Crippen LogP) is 11.1. The SMILES string of the molecule is CCCCCCCCCCCCCCCCCCOc1ccc(S(=O)(=O)c2cnc3ccc(OC)cc3c2N2CCC(N3CCN(C4CCN(CC)CC4)CC3)CC2)c(F)c1F. The number of aromatic nitrogens is 1. The highest BCUT2D eigenvalue weighted by Crippen LogP contribution is 2.40.